The predicted octanol–water partition coefficient (Wildman–Crippen LogP) is 3.25. The zero-order chi connectivity index (χ0) is 13.1. The minimum atomic E-state index is -0.395. The van der Waals surface area contributed by atoms with E-state index in [-0.39, 0.29) is 5.92 Å². The molecule has 18 heavy (non-hydrogen) atoms. The van der Waals surface area contributed by atoms with E-state index in [9.17, 15) is 4.79 Å². The Hall–Kier alpha value is -1.45. The van der Waals surface area contributed by atoms with Crippen molar-refractivity contribution < 1.29 is 9.53 Å². The highest BCUT2D eigenvalue weighted by Crippen LogP contribution is 2.36. The molecule has 5 heteroatoms. The molecule has 1 N–H and O–H groups in total. The van der Waals surface area contributed by atoms with Crippen molar-refractivity contribution in [2.45, 2.75) is 5.92 Å². The van der Waals surface area contributed by atoms with Gasteiger partial charge in [-0.05, 0) is 17.8 Å². The summed E-state index contributed by atoms with van der Waals surface area (Å²) in [5, 5.41) is 3.78. The molecule has 2 rings (SSSR count). The first-order valence-corrected chi connectivity index (χ1v) is 6.05. The summed E-state index contributed by atoms with van der Waals surface area (Å²) in [6.07, 6.45) is 5.19. The van der Waals surface area contributed by atoms with E-state index in [4.69, 9.17) is 27.9 Å². The number of benzene rings is 1. The van der Waals surface area contributed by atoms with E-state index in [1.54, 1.807) is 24.5 Å². The first-order chi connectivity index (χ1) is 8.65. The van der Waals surface area contributed by atoms with Gasteiger partial charge in [0, 0.05) is 12.1 Å². The van der Waals surface area contributed by atoms with Gasteiger partial charge in [0.25, 0.3) is 0 Å². The summed E-state index contributed by atoms with van der Waals surface area (Å²) >= 11 is 12.2. The van der Waals surface area contributed by atoms with Crippen molar-refractivity contribution >= 4 is 29.2 Å². The van der Waals surface area contributed by atoms with Gasteiger partial charge in [-0.2, -0.15) is 0 Å². The Kier molecular flexibility index (Phi) is 3.94. The maximum absolute atomic E-state index is 11.7. The zero-order valence-electron chi connectivity index (χ0n) is 9.61. The van der Waals surface area contributed by atoms with Crippen molar-refractivity contribution in [1.82, 2.24) is 5.32 Å². The summed E-state index contributed by atoms with van der Waals surface area (Å²) in [6.45, 7) is 0. The summed E-state index contributed by atoms with van der Waals surface area (Å²) in [4.78, 5) is 11.7. The molecule has 1 aromatic rings. The fraction of sp³-hybridized carbons (Fsp3) is 0.154. The average Bonchev–Trinajstić information content (AvgIpc) is 2.41. The molecule has 0 radical (unpaired) electrons. The Bertz CT molecular complexity index is 538. The van der Waals surface area contributed by atoms with Crippen LogP contribution >= 0.6 is 23.2 Å². The van der Waals surface area contributed by atoms with Gasteiger partial charge < -0.3 is 10.1 Å². The van der Waals surface area contributed by atoms with Crippen molar-refractivity contribution in [1.29, 1.82) is 0 Å². The van der Waals surface area contributed by atoms with E-state index >= 15 is 0 Å². The molecule has 1 atom stereocenters. The van der Waals surface area contributed by atoms with Crippen LogP contribution in [-0.4, -0.2) is 13.1 Å². The molecule has 0 aromatic heterocycles. The van der Waals surface area contributed by atoms with Crippen LogP contribution in [0.3, 0.4) is 0 Å². The van der Waals surface area contributed by atoms with E-state index in [1.165, 1.54) is 7.11 Å². The van der Waals surface area contributed by atoms with Crippen molar-refractivity contribution in [2.24, 2.45) is 0 Å². The number of carbonyl (C=O) groups is 1. The Morgan fingerprint density at radius 2 is 2.17 bits per heavy atom. The number of dihydropyridines is 1. The number of ether oxygens (including phenoxy) is 1. The lowest BCUT2D eigenvalue weighted by Gasteiger charge is -2.20. The van der Waals surface area contributed by atoms with Crippen LogP contribution < -0.4 is 5.32 Å². The van der Waals surface area contributed by atoms with E-state index in [1.807, 2.05) is 12.1 Å². The second kappa shape index (κ2) is 5.46. The van der Waals surface area contributed by atoms with Gasteiger partial charge in [-0.3, -0.25) is 0 Å². The minimum absolute atomic E-state index is 0.259. The normalized spacial score (nSPS) is 17.9. The molecule has 0 saturated heterocycles. The van der Waals surface area contributed by atoms with E-state index in [0.717, 1.165) is 5.56 Å². The monoisotopic (exact) mass is 283 g/mol. The quantitative estimate of drug-likeness (QED) is 0.847. The van der Waals surface area contributed by atoms with Gasteiger partial charge in [0.2, 0.25) is 0 Å². The summed E-state index contributed by atoms with van der Waals surface area (Å²) in [5.41, 5.74) is 1.27. The van der Waals surface area contributed by atoms with Gasteiger partial charge in [0.1, 0.15) is 0 Å². The van der Waals surface area contributed by atoms with Gasteiger partial charge in [-0.1, -0.05) is 41.4 Å². The van der Waals surface area contributed by atoms with Crippen molar-refractivity contribution in [2.75, 3.05) is 7.11 Å². The molecule has 1 unspecified atom stereocenters. The molecule has 0 saturated carbocycles. The molecule has 1 aliphatic heterocycles. The predicted molar refractivity (Wildman–Crippen MR) is 71.6 cm³/mol. The second-order valence-corrected chi connectivity index (χ2v) is 4.52. The third-order valence-electron chi connectivity index (χ3n) is 2.70. The third kappa shape index (κ3) is 2.37. The Morgan fingerprint density at radius 1 is 1.39 bits per heavy atom. The van der Waals surface area contributed by atoms with Crippen LogP contribution in [0, 0.1) is 0 Å². The molecule has 0 bridgehead atoms. The number of halogens is 2. The minimum Gasteiger partial charge on any atom is -0.466 e. The Labute approximate surface area is 115 Å². The molecule has 94 valence electrons. The number of nitrogens with one attached hydrogen (secondary N) is 1. The summed E-state index contributed by atoms with van der Waals surface area (Å²) in [5.74, 6) is -0.655. The van der Waals surface area contributed by atoms with Crippen molar-refractivity contribution in [3.05, 3.63) is 57.9 Å². The first-order valence-electron chi connectivity index (χ1n) is 5.30. The molecule has 1 aliphatic rings. The zero-order valence-corrected chi connectivity index (χ0v) is 11.1. The molecule has 0 amide bonds. The fourth-order valence-electron chi connectivity index (χ4n) is 1.82. The third-order valence-corrected chi connectivity index (χ3v) is 3.53. The smallest absolute Gasteiger partial charge is 0.336 e. The van der Waals surface area contributed by atoms with E-state index < -0.39 is 5.97 Å². The Morgan fingerprint density at radius 3 is 2.89 bits per heavy atom. The lowest BCUT2D eigenvalue weighted by atomic mass is 9.90. The standard InChI is InChI=1S/C13H11Cl2NO2/c1-18-13(17)10-7-16-6-5-8(10)9-3-2-4-11(14)12(9)15/h2-8,16H,1H3. The molecule has 0 aliphatic carbocycles. The molecular weight excluding hydrogens is 273 g/mol. The van der Waals surface area contributed by atoms with E-state index in [0.29, 0.717) is 15.6 Å². The molecule has 3 nitrogen and oxygen atoms in total. The lowest BCUT2D eigenvalue weighted by molar-refractivity contribution is -0.136. The van der Waals surface area contributed by atoms with Gasteiger partial charge in [-0.25, -0.2) is 4.79 Å². The summed E-state index contributed by atoms with van der Waals surface area (Å²) < 4.78 is 4.75. The van der Waals surface area contributed by atoms with Crippen LogP contribution in [0.1, 0.15) is 11.5 Å². The van der Waals surface area contributed by atoms with Gasteiger partial charge in [0.05, 0.1) is 22.7 Å². The van der Waals surface area contributed by atoms with Crippen LogP contribution in [0.5, 0.6) is 0 Å². The van der Waals surface area contributed by atoms with E-state index in [2.05, 4.69) is 5.32 Å². The number of esters is 1. The maximum atomic E-state index is 11.7. The molecule has 0 fully saturated rings. The summed E-state index contributed by atoms with van der Waals surface area (Å²) in [7, 11) is 1.35. The van der Waals surface area contributed by atoms with Gasteiger partial charge in [-0.15, -0.1) is 0 Å². The largest absolute Gasteiger partial charge is 0.466 e. The second-order valence-electron chi connectivity index (χ2n) is 3.74. The van der Waals surface area contributed by atoms with Gasteiger partial charge in [0.15, 0.2) is 0 Å². The van der Waals surface area contributed by atoms with Crippen molar-refractivity contribution in [3.8, 4) is 0 Å². The molecular formula is C13H11Cl2NO2. The average molecular weight is 284 g/mol. The number of rotatable bonds is 2. The van der Waals surface area contributed by atoms with Crippen LogP contribution in [0.25, 0.3) is 0 Å². The summed E-state index contributed by atoms with van der Waals surface area (Å²) in [6, 6.07) is 5.35. The number of hydrogen-bond donors (Lipinski definition) is 1. The molecule has 0 spiro atoms. The topological polar surface area (TPSA) is 38.3 Å². The van der Waals surface area contributed by atoms with Crippen LogP contribution in [0.15, 0.2) is 42.2 Å². The SMILES string of the molecule is COC(=O)C1=CNC=CC1c1cccc(Cl)c1Cl. The number of allylic oxidation sites excluding steroid dienone is 1. The van der Waals surface area contributed by atoms with Crippen molar-refractivity contribution in [3.63, 3.8) is 0 Å². The maximum Gasteiger partial charge on any atom is 0.336 e. The number of hydrogen-bond acceptors (Lipinski definition) is 3. The highest BCUT2D eigenvalue weighted by Gasteiger charge is 2.25. The van der Waals surface area contributed by atoms with Crippen LogP contribution in [0.4, 0.5) is 0 Å². The highest BCUT2D eigenvalue weighted by atomic mass is 35.5. The Balaban J connectivity index is 2.45. The van der Waals surface area contributed by atoms with Crippen LogP contribution in [-0.2, 0) is 9.53 Å². The molecule has 1 heterocycles. The van der Waals surface area contributed by atoms with Crippen LogP contribution in [0.2, 0.25) is 10.0 Å². The molecule has 1 aromatic carbocycles. The number of methoxy groups -OCH3 is 1. The fourth-order valence-corrected chi connectivity index (χ4v) is 2.24. The first kappa shape index (κ1) is 13.0. The highest BCUT2D eigenvalue weighted by molar-refractivity contribution is 6.42. The number of carbonyl (C=O) groups excluding carboxylic acids is 1. The lowest BCUT2D eigenvalue weighted by Crippen LogP contribution is -2.18. The van der Waals surface area contributed by atoms with Gasteiger partial charge >= 0.3 is 5.97 Å².